The third-order valence-electron chi connectivity index (χ3n) is 5.48. The highest BCUT2D eigenvalue weighted by Gasteiger charge is 2.49. The number of ether oxygens (including phenoxy) is 1. The molecule has 31 heavy (non-hydrogen) atoms. The first-order chi connectivity index (χ1) is 15.0. The van der Waals surface area contributed by atoms with Gasteiger partial charge in [-0.1, -0.05) is 60.7 Å². The summed E-state index contributed by atoms with van der Waals surface area (Å²) in [6.45, 7) is 0. The van der Waals surface area contributed by atoms with Crippen molar-refractivity contribution in [3.8, 4) is 5.75 Å². The molecule has 0 bridgehead atoms. The molecule has 0 unspecified atom stereocenters. The molecule has 1 heterocycles. The Kier molecular flexibility index (Phi) is 5.44. The quantitative estimate of drug-likeness (QED) is 0.325. The number of hydrogen-bond donors (Lipinski definition) is 0. The van der Waals surface area contributed by atoms with Crippen LogP contribution in [0.3, 0.4) is 0 Å². The number of Topliss-reactive ketones (excluding diaryl/α,β-unsaturated/α-hetero) is 1. The van der Waals surface area contributed by atoms with Crippen molar-refractivity contribution >= 4 is 11.5 Å². The standard InChI is InChI=1S/C23H18N2O6/c26-20(15-8-2-1-3-9-15)14-18-16-10-5-7-13-21(16)31-23(22(18)25(29)30)17-11-4-6-12-19(17)24(27)28/h1-13,18,22-23H,14H2/t18-,22+,23-/m1/s1. The van der Waals surface area contributed by atoms with Gasteiger partial charge in [-0.05, 0) is 12.1 Å². The van der Waals surface area contributed by atoms with Gasteiger partial charge >= 0.3 is 0 Å². The minimum atomic E-state index is -1.37. The maximum absolute atomic E-state index is 12.9. The van der Waals surface area contributed by atoms with Gasteiger partial charge in [0.1, 0.15) is 5.75 Å². The summed E-state index contributed by atoms with van der Waals surface area (Å²) in [7, 11) is 0. The van der Waals surface area contributed by atoms with Crippen molar-refractivity contribution in [3.63, 3.8) is 0 Å². The highest BCUT2D eigenvalue weighted by Crippen LogP contribution is 2.46. The van der Waals surface area contributed by atoms with E-state index in [0.717, 1.165) is 0 Å². The SMILES string of the molecule is O=C(C[C@@H]1c2ccccc2O[C@H](c2ccccc2[N+](=O)[O-])[C@H]1[N+](=O)[O-])c1ccccc1. The molecule has 0 radical (unpaired) electrons. The zero-order valence-electron chi connectivity index (χ0n) is 16.3. The van der Waals surface area contributed by atoms with Gasteiger partial charge in [0, 0.05) is 28.5 Å². The van der Waals surface area contributed by atoms with Crippen molar-refractivity contribution in [2.24, 2.45) is 0 Å². The Labute approximate surface area is 177 Å². The van der Waals surface area contributed by atoms with Gasteiger partial charge in [0.2, 0.25) is 0 Å². The van der Waals surface area contributed by atoms with Crippen molar-refractivity contribution in [3.05, 3.63) is 116 Å². The first-order valence-corrected chi connectivity index (χ1v) is 9.68. The van der Waals surface area contributed by atoms with Gasteiger partial charge in [-0.25, -0.2) is 0 Å². The molecule has 8 nitrogen and oxygen atoms in total. The molecular formula is C23H18N2O6. The second kappa shape index (κ2) is 8.35. The lowest BCUT2D eigenvalue weighted by atomic mass is 9.79. The second-order valence-electron chi connectivity index (χ2n) is 7.27. The van der Waals surface area contributed by atoms with Crippen LogP contribution < -0.4 is 4.74 Å². The maximum Gasteiger partial charge on any atom is 0.276 e. The van der Waals surface area contributed by atoms with Gasteiger partial charge in [-0.3, -0.25) is 25.0 Å². The van der Waals surface area contributed by atoms with Gasteiger partial charge in [-0.2, -0.15) is 0 Å². The number of benzene rings is 3. The molecule has 0 aliphatic carbocycles. The zero-order valence-corrected chi connectivity index (χ0v) is 16.3. The minimum Gasteiger partial charge on any atom is -0.478 e. The van der Waals surface area contributed by atoms with Crippen LogP contribution in [0, 0.1) is 20.2 Å². The highest BCUT2D eigenvalue weighted by molar-refractivity contribution is 5.96. The van der Waals surface area contributed by atoms with Crippen LogP contribution in [0.5, 0.6) is 5.75 Å². The van der Waals surface area contributed by atoms with E-state index in [1.807, 2.05) is 0 Å². The molecule has 0 fully saturated rings. The largest absolute Gasteiger partial charge is 0.478 e. The summed E-state index contributed by atoms with van der Waals surface area (Å²) in [5, 5.41) is 23.8. The fraction of sp³-hybridized carbons (Fsp3) is 0.174. The van der Waals surface area contributed by atoms with Crippen LogP contribution in [-0.4, -0.2) is 21.7 Å². The lowest BCUT2D eigenvalue weighted by Crippen LogP contribution is -2.41. The Bertz CT molecular complexity index is 1150. The summed E-state index contributed by atoms with van der Waals surface area (Å²) < 4.78 is 5.94. The zero-order chi connectivity index (χ0) is 22.0. The van der Waals surface area contributed by atoms with E-state index in [9.17, 15) is 25.0 Å². The van der Waals surface area contributed by atoms with Gasteiger partial charge in [0.25, 0.3) is 11.7 Å². The molecule has 0 N–H and O–H groups in total. The Hall–Kier alpha value is -4.07. The lowest BCUT2D eigenvalue weighted by molar-refractivity contribution is -0.540. The molecule has 0 saturated carbocycles. The summed E-state index contributed by atoms with van der Waals surface area (Å²) in [6.07, 6.45) is -1.33. The van der Waals surface area contributed by atoms with Crippen molar-refractivity contribution in [2.45, 2.75) is 24.5 Å². The van der Waals surface area contributed by atoms with Crippen molar-refractivity contribution < 1.29 is 19.4 Å². The number of carbonyl (C=O) groups excluding carboxylic acids is 1. The van der Waals surface area contributed by atoms with E-state index in [1.165, 1.54) is 18.2 Å². The fourth-order valence-corrected chi connectivity index (χ4v) is 4.07. The van der Waals surface area contributed by atoms with Gasteiger partial charge in [0.05, 0.1) is 16.4 Å². The van der Waals surface area contributed by atoms with Gasteiger partial charge in [0.15, 0.2) is 11.9 Å². The molecule has 0 aromatic heterocycles. The van der Waals surface area contributed by atoms with Gasteiger partial charge in [-0.15, -0.1) is 0 Å². The summed E-state index contributed by atoms with van der Waals surface area (Å²) in [5.74, 6) is -0.664. The lowest BCUT2D eigenvalue weighted by Gasteiger charge is -2.34. The van der Waals surface area contributed by atoms with Crippen LogP contribution in [0.4, 0.5) is 5.69 Å². The Morgan fingerprint density at radius 2 is 1.45 bits per heavy atom. The second-order valence-corrected chi connectivity index (χ2v) is 7.27. The first kappa shape index (κ1) is 20.2. The maximum atomic E-state index is 12.9. The molecule has 3 aromatic rings. The molecule has 8 heteroatoms. The average Bonchev–Trinajstić information content (AvgIpc) is 2.79. The Morgan fingerprint density at radius 3 is 2.13 bits per heavy atom. The molecule has 1 aliphatic heterocycles. The number of nitrogens with zero attached hydrogens (tertiary/aromatic N) is 2. The predicted molar refractivity (Wildman–Crippen MR) is 112 cm³/mol. The fourth-order valence-electron chi connectivity index (χ4n) is 4.07. The van der Waals surface area contributed by atoms with Crippen molar-refractivity contribution in [2.75, 3.05) is 0 Å². The first-order valence-electron chi connectivity index (χ1n) is 9.68. The summed E-state index contributed by atoms with van der Waals surface area (Å²) >= 11 is 0. The van der Waals surface area contributed by atoms with Crippen LogP contribution >= 0.6 is 0 Å². The van der Waals surface area contributed by atoms with E-state index in [0.29, 0.717) is 16.9 Å². The van der Waals surface area contributed by atoms with Gasteiger partial charge < -0.3 is 4.74 Å². The smallest absolute Gasteiger partial charge is 0.276 e. The molecule has 156 valence electrons. The van der Waals surface area contributed by atoms with Crippen LogP contribution in [0.2, 0.25) is 0 Å². The molecule has 3 aromatic carbocycles. The summed E-state index contributed by atoms with van der Waals surface area (Å²) in [6, 6.07) is 19.8. The normalized spacial score (nSPS) is 19.7. The van der Waals surface area contributed by atoms with E-state index in [-0.39, 0.29) is 23.5 Å². The molecular weight excluding hydrogens is 400 g/mol. The third-order valence-corrected chi connectivity index (χ3v) is 5.48. The monoisotopic (exact) mass is 418 g/mol. The van der Waals surface area contributed by atoms with Crippen LogP contribution in [0.25, 0.3) is 0 Å². The number of ketones is 1. The van der Waals surface area contributed by atoms with Crippen LogP contribution in [0.15, 0.2) is 78.9 Å². The number of rotatable bonds is 6. The number of fused-ring (bicyclic) bond motifs is 1. The number of nitro groups is 2. The average molecular weight is 418 g/mol. The van der Waals surface area contributed by atoms with E-state index < -0.39 is 27.9 Å². The highest BCUT2D eigenvalue weighted by atomic mass is 16.6. The summed E-state index contributed by atoms with van der Waals surface area (Å²) in [5.41, 5.74) is 0.854. The van der Waals surface area contributed by atoms with E-state index in [2.05, 4.69) is 0 Å². The Balaban J connectivity index is 1.82. The number of nitro benzene ring substituents is 1. The Morgan fingerprint density at radius 1 is 0.839 bits per heavy atom. The van der Waals surface area contributed by atoms with Crippen LogP contribution in [-0.2, 0) is 0 Å². The van der Waals surface area contributed by atoms with Crippen molar-refractivity contribution in [1.29, 1.82) is 0 Å². The van der Waals surface area contributed by atoms with Crippen LogP contribution in [0.1, 0.15) is 39.9 Å². The van der Waals surface area contributed by atoms with E-state index in [4.69, 9.17) is 4.74 Å². The van der Waals surface area contributed by atoms with E-state index >= 15 is 0 Å². The van der Waals surface area contributed by atoms with Crippen molar-refractivity contribution in [1.82, 2.24) is 0 Å². The molecule has 3 atom stereocenters. The number of carbonyl (C=O) groups is 1. The molecule has 0 spiro atoms. The number of hydrogen-bond acceptors (Lipinski definition) is 6. The minimum absolute atomic E-state index is 0.112. The molecule has 0 saturated heterocycles. The third kappa shape index (κ3) is 3.87. The summed E-state index contributed by atoms with van der Waals surface area (Å²) in [4.78, 5) is 35.6. The molecule has 4 rings (SSSR count). The molecule has 1 aliphatic rings. The topological polar surface area (TPSA) is 113 Å². The molecule has 0 amide bonds. The number of para-hydroxylation sites is 2. The predicted octanol–water partition coefficient (Wildman–Crippen LogP) is 4.73. The van der Waals surface area contributed by atoms with E-state index in [1.54, 1.807) is 60.7 Å².